The number of benzene rings is 1. The van der Waals surface area contributed by atoms with Gasteiger partial charge in [0.05, 0.1) is 0 Å². The zero-order valence-electron chi connectivity index (χ0n) is 13.4. The highest BCUT2D eigenvalue weighted by Crippen LogP contribution is 2.43. The van der Waals surface area contributed by atoms with E-state index in [2.05, 4.69) is 45.0 Å². The van der Waals surface area contributed by atoms with Crippen molar-refractivity contribution in [1.29, 1.82) is 0 Å². The van der Waals surface area contributed by atoms with Gasteiger partial charge in [-0.1, -0.05) is 45.0 Å². The molecule has 0 spiro atoms. The van der Waals surface area contributed by atoms with Crippen LogP contribution in [0.5, 0.6) is 0 Å². The first-order valence-electron chi connectivity index (χ1n) is 8.21. The molecule has 1 aromatic rings. The summed E-state index contributed by atoms with van der Waals surface area (Å²) in [5.41, 5.74) is 3.47. The monoisotopic (exact) mass is 274 g/mol. The highest BCUT2D eigenvalue weighted by atomic mass is 16.2. The quantitative estimate of drug-likeness (QED) is 0.825. The topological polar surface area (TPSA) is 20.2 Å². The van der Waals surface area contributed by atoms with Crippen molar-refractivity contribution in [2.75, 3.05) is 6.61 Å². The van der Waals surface area contributed by atoms with Crippen molar-refractivity contribution >= 4 is 0 Å². The Hall–Kier alpha value is -0.820. The number of aliphatic hydroxyl groups excluding tert-OH is 1. The van der Waals surface area contributed by atoms with E-state index in [0.29, 0.717) is 12.0 Å². The SMILES string of the molecule is CC(C)(C)C1CCC(c2ccccc2CCCO)CC1. The van der Waals surface area contributed by atoms with Crippen LogP contribution in [0.1, 0.15) is 69.9 Å². The zero-order valence-corrected chi connectivity index (χ0v) is 13.4. The van der Waals surface area contributed by atoms with Gasteiger partial charge in [0.15, 0.2) is 0 Å². The Kier molecular flexibility index (Phi) is 5.26. The molecule has 0 aromatic heterocycles. The summed E-state index contributed by atoms with van der Waals surface area (Å²) >= 11 is 0. The Balaban J connectivity index is 2.03. The number of rotatable bonds is 4. The lowest BCUT2D eigenvalue weighted by molar-refractivity contribution is 0.169. The second kappa shape index (κ2) is 6.76. The molecule has 1 fully saturated rings. The van der Waals surface area contributed by atoms with Crippen molar-refractivity contribution < 1.29 is 5.11 Å². The number of aryl methyl sites for hydroxylation is 1. The van der Waals surface area contributed by atoms with Crippen LogP contribution in [0.3, 0.4) is 0 Å². The minimum absolute atomic E-state index is 0.297. The molecule has 0 aliphatic heterocycles. The fourth-order valence-electron chi connectivity index (χ4n) is 3.70. The molecule has 0 unspecified atom stereocenters. The lowest BCUT2D eigenvalue weighted by atomic mass is 9.68. The molecule has 1 aliphatic carbocycles. The van der Waals surface area contributed by atoms with Gasteiger partial charge < -0.3 is 5.11 Å². The van der Waals surface area contributed by atoms with Crippen LogP contribution < -0.4 is 0 Å². The Bertz CT molecular complexity index is 408. The third-order valence-electron chi connectivity index (χ3n) is 5.05. The van der Waals surface area contributed by atoms with Crippen molar-refractivity contribution in [3.05, 3.63) is 35.4 Å². The number of aliphatic hydroxyl groups is 1. The van der Waals surface area contributed by atoms with E-state index in [-0.39, 0.29) is 0 Å². The van der Waals surface area contributed by atoms with Crippen LogP contribution >= 0.6 is 0 Å². The zero-order chi connectivity index (χ0) is 14.6. The van der Waals surface area contributed by atoms with Crippen LogP contribution in [-0.4, -0.2) is 11.7 Å². The minimum Gasteiger partial charge on any atom is -0.396 e. The largest absolute Gasteiger partial charge is 0.396 e. The van der Waals surface area contributed by atoms with Gasteiger partial charge >= 0.3 is 0 Å². The first-order chi connectivity index (χ1) is 9.52. The fourth-order valence-corrected chi connectivity index (χ4v) is 3.70. The predicted octanol–water partition coefficient (Wildman–Crippen LogP) is 4.93. The summed E-state index contributed by atoms with van der Waals surface area (Å²) in [6.45, 7) is 7.44. The molecule has 2 rings (SSSR count). The van der Waals surface area contributed by atoms with E-state index >= 15 is 0 Å². The third-order valence-corrected chi connectivity index (χ3v) is 5.05. The van der Waals surface area contributed by atoms with Crippen molar-refractivity contribution in [3.8, 4) is 0 Å². The fraction of sp³-hybridized carbons (Fsp3) is 0.684. The average molecular weight is 274 g/mol. The van der Waals surface area contributed by atoms with E-state index in [1.54, 1.807) is 5.56 Å². The van der Waals surface area contributed by atoms with Crippen LogP contribution in [0.15, 0.2) is 24.3 Å². The molecule has 0 saturated heterocycles. The maximum absolute atomic E-state index is 9.05. The van der Waals surface area contributed by atoms with Crippen molar-refractivity contribution in [2.24, 2.45) is 11.3 Å². The highest BCUT2D eigenvalue weighted by Gasteiger charge is 2.30. The van der Waals surface area contributed by atoms with E-state index in [1.807, 2.05) is 0 Å². The second-order valence-electron chi connectivity index (χ2n) is 7.44. The van der Waals surface area contributed by atoms with Crippen LogP contribution in [0.2, 0.25) is 0 Å². The first-order valence-corrected chi connectivity index (χ1v) is 8.21. The molecular weight excluding hydrogens is 244 g/mol. The molecule has 1 aromatic carbocycles. The summed E-state index contributed by atoms with van der Waals surface area (Å²) in [7, 11) is 0. The summed E-state index contributed by atoms with van der Waals surface area (Å²) < 4.78 is 0. The Morgan fingerprint density at radius 1 is 1.05 bits per heavy atom. The van der Waals surface area contributed by atoms with Gasteiger partial charge in [0.2, 0.25) is 0 Å². The van der Waals surface area contributed by atoms with Gasteiger partial charge in [-0.2, -0.15) is 0 Å². The lowest BCUT2D eigenvalue weighted by Crippen LogP contribution is -2.25. The molecule has 1 N–H and O–H groups in total. The van der Waals surface area contributed by atoms with Gasteiger partial charge in [-0.05, 0) is 66.9 Å². The van der Waals surface area contributed by atoms with Crippen molar-refractivity contribution in [1.82, 2.24) is 0 Å². The lowest BCUT2D eigenvalue weighted by Gasteiger charge is -2.37. The molecule has 0 atom stereocenters. The van der Waals surface area contributed by atoms with Crippen LogP contribution in [0, 0.1) is 11.3 Å². The molecule has 112 valence electrons. The maximum Gasteiger partial charge on any atom is 0.0434 e. The van der Waals surface area contributed by atoms with E-state index in [0.717, 1.165) is 24.7 Å². The smallest absolute Gasteiger partial charge is 0.0434 e. The van der Waals surface area contributed by atoms with Gasteiger partial charge in [-0.25, -0.2) is 0 Å². The average Bonchev–Trinajstić information content (AvgIpc) is 2.45. The third kappa shape index (κ3) is 3.85. The Labute approximate surface area is 124 Å². The molecule has 1 heteroatoms. The van der Waals surface area contributed by atoms with Crippen LogP contribution in [0.25, 0.3) is 0 Å². The summed E-state index contributed by atoms with van der Waals surface area (Å²) in [6, 6.07) is 8.88. The minimum atomic E-state index is 0.297. The standard InChI is InChI=1S/C19H30O/c1-19(2,3)17-12-10-16(11-13-17)18-9-5-4-7-15(18)8-6-14-20/h4-5,7,9,16-17,20H,6,8,10-14H2,1-3H3. The number of hydrogen-bond donors (Lipinski definition) is 1. The summed E-state index contributed by atoms with van der Waals surface area (Å²) in [5.74, 6) is 1.62. The maximum atomic E-state index is 9.05. The number of hydrogen-bond acceptors (Lipinski definition) is 1. The van der Waals surface area contributed by atoms with E-state index < -0.39 is 0 Å². The van der Waals surface area contributed by atoms with Crippen molar-refractivity contribution in [2.45, 2.75) is 65.2 Å². The van der Waals surface area contributed by atoms with Gasteiger partial charge in [0.1, 0.15) is 0 Å². The molecular formula is C19H30O. The molecule has 0 bridgehead atoms. The normalized spacial score (nSPS) is 23.8. The summed E-state index contributed by atoms with van der Waals surface area (Å²) in [5, 5.41) is 9.05. The van der Waals surface area contributed by atoms with E-state index in [4.69, 9.17) is 5.11 Å². The van der Waals surface area contributed by atoms with Crippen molar-refractivity contribution in [3.63, 3.8) is 0 Å². The van der Waals surface area contributed by atoms with Gasteiger partial charge in [0.25, 0.3) is 0 Å². The summed E-state index contributed by atoms with van der Waals surface area (Å²) in [4.78, 5) is 0. The molecule has 0 heterocycles. The van der Waals surface area contributed by atoms with Crippen LogP contribution in [-0.2, 0) is 6.42 Å². The van der Waals surface area contributed by atoms with Gasteiger partial charge in [0, 0.05) is 6.61 Å². The summed E-state index contributed by atoms with van der Waals surface area (Å²) in [6.07, 6.45) is 7.29. The Morgan fingerprint density at radius 3 is 2.30 bits per heavy atom. The highest BCUT2D eigenvalue weighted by molar-refractivity contribution is 5.31. The molecule has 1 nitrogen and oxygen atoms in total. The van der Waals surface area contributed by atoms with E-state index in [9.17, 15) is 0 Å². The molecule has 1 saturated carbocycles. The van der Waals surface area contributed by atoms with E-state index in [1.165, 1.54) is 31.2 Å². The molecule has 20 heavy (non-hydrogen) atoms. The van der Waals surface area contributed by atoms with Gasteiger partial charge in [-0.15, -0.1) is 0 Å². The first kappa shape index (κ1) is 15.6. The molecule has 1 aliphatic rings. The Morgan fingerprint density at radius 2 is 1.70 bits per heavy atom. The second-order valence-corrected chi connectivity index (χ2v) is 7.44. The van der Waals surface area contributed by atoms with Crippen LogP contribution in [0.4, 0.5) is 0 Å². The predicted molar refractivity (Wildman–Crippen MR) is 86.0 cm³/mol. The molecule has 0 radical (unpaired) electrons. The molecule has 0 amide bonds. The van der Waals surface area contributed by atoms with Gasteiger partial charge in [-0.3, -0.25) is 0 Å².